The summed E-state index contributed by atoms with van der Waals surface area (Å²) >= 11 is 0. The fourth-order valence-corrected chi connectivity index (χ4v) is 3.73. The summed E-state index contributed by atoms with van der Waals surface area (Å²) < 4.78 is 39.2. The van der Waals surface area contributed by atoms with Crippen LogP contribution in [0.4, 0.5) is 13.2 Å². The largest absolute Gasteiger partial charge is 0.416 e. The van der Waals surface area contributed by atoms with E-state index >= 15 is 0 Å². The van der Waals surface area contributed by atoms with Crippen LogP contribution in [0.3, 0.4) is 0 Å². The lowest BCUT2D eigenvalue weighted by Gasteiger charge is -2.18. The van der Waals surface area contributed by atoms with Gasteiger partial charge >= 0.3 is 6.18 Å². The number of alkyl halides is 3. The summed E-state index contributed by atoms with van der Waals surface area (Å²) in [7, 11) is 0. The fourth-order valence-electron chi connectivity index (χ4n) is 3.73. The van der Waals surface area contributed by atoms with Crippen LogP contribution in [0.1, 0.15) is 42.7 Å². The Balaban J connectivity index is 1.65. The molecule has 23 heavy (non-hydrogen) atoms. The van der Waals surface area contributed by atoms with E-state index in [4.69, 9.17) is 5.73 Å². The standard InChI is InChI=1S/C17H21F3N2O/c18-17(19,20)14-7-2-1-5-12(14)13-8-15(13)22-16(23)11-6-3-4-10(11)9-21/h1-2,5,7,10-11,13,15H,3-4,6,8-9,21H2,(H,22,23)/t10-,11-,13?,15?/m1/s1. The van der Waals surface area contributed by atoms with Gasteiger partial charge in [0.05, 0.1) is 5.56 Å². The smallest absolute Gasteiger partial charge is 0.352 e. The minimum Gasteiger partial charge on any atom is -0.352 e. The molecule has 6 heteroatoms. The van der Waals surface area contributed by atoms with Gasteiger partial charge in [-0.3, -0.25) is 4.79 Å². The van der Waals surface area contributed by atoms with Gasteiger partial charge in [-0.05, 0) is 43.4 Å². The van der Waals surface area contributed by atoms with Crippen LogP contribution in [-0.4, -0.2) is 18.5 Å². The first-order chi connectivity index (χ1) is 10.9. The third-order valence-electron chi connectivity index (χ3n) is 5.08. The molecule has 0 aliphatic heterocycles. The van der Waals surface area contributed by atoms with E-state index in [9.17, 15) is 18.0 Å². The van der Waals surface area contributed by atoms with Crippen LogP contribution >= 0.6 is 0 Å². The minimum atomic E-state index is -4.36. The summed E-state index contributed by atoms with van der Waals surface area (Å²) in [6.07, 6.45) is -1.02. The van der Waals surface area contributed by atoms with Gasteiger partial charge in [-0.2, -0.15) is 13.2 Å². The number of amides is 1. The molecule has 0 bridgehead atoms. The molecule has 0 spiro atoms. The van der Waals surface area contributed by atoms with Crippen molar-refractivity contribution >= 4 is 5.91 Å². The molecule has 1 amide bonds. The molecule has 1 aromatic rings. The van der Waals surface area contributed by atoms with Gasteiger partial charge in [0, 0.05) is 17.9 Å². The number of rotatable bonds is 4. The zero-order valence-electron chi connectivity index (χ0n) is 12.8. The maximum absolute atomic E-state index is 13.1. The lowest BCUT2D eigenvalue weighted by atomic mass is 9.95. The Bertz CT molecular complexity index is 587. The Morgan fingerprint density at radius 3 is 2.70 bits per heavy atom. The van der Waals surface area contributed by atoms with Crippen molar-refractivity contribution in [1.82, 2.24) is 5.32 Å². The van der Waals surface area contributed by atoms with E-state index in [1.54, 1.807) is 6.07 Å². The third-order valence-corrected chi connectivity index (χ3v) is 5.08. The second-order valence-electron chi connectivity index (χ2n) is 6.58. The van der Waals surface area contributed by atoms with Crippen molar-refractivity contribution in [2.24, 2.45) is 17.6 Å². The molecule has 2 aliphatic carbocycles. The fraction of sp³-hybridized carbons (Fsp3) is 0.588. The van der Waals surface area contributed by atoms with Gasteiger partial charge in [-0.15, -0.1) is 0 Å². The number of nitrogens with two attached hydrogens (primary N) is 1. The SMILES string of the molecule is NC[C@H]1CCC[C@H]1C(=O)NC1CC1c1ccccc1C(F)(F)F. The van der Waals surface area contributed by atoms with Crippen molar-refractivity contribution in [3.63, 3.8) is 0 Å². The monoisotopic (exact) mass is 326 g/mol. The molecule has 3 rings (SSSR count). The molecular weight excluding hydrogens is 305 g/mol. The second-order valence-corrected chi connectivity index (χ2v) is 6.58. The number of hydrogen-bond donors (Lipinski definition) is 2. The Kier molecular flexibility index (Phi) is 4.36. The summed E-state index contributed by atoms with van der Waals surface area (Å²) in [6, 6.07) is 5.44. The number of hydrogen-bond acceptors (Lipinski definition) is 2. The van der Waals surface area contributed by atoms with Crippen LogP contribution in [0.2, 0.25) is 0 Å². The molecule has 0 aromatic heterocycles. The quantitative estimate of drug-likeness (QED) is 0.893. The van der Waals surface area contributed by atoms with E-state index in [0.717, 1.165) is 25.3 Å². The molecule has 126 valence electrons. The molecule has 2 aliphatic rings. The topological polar surface area (TPSA) is 55.1 Å². The first-order valence-corrected chi connectivity index (χ1v) is 8.08. The first-order valence-electron chi connectivity index (χ1n) is 8.08. The lowest BCUT2D eigenvalue weighted by molar-refractivity contribution is -0.138. The van der Waals surface area contributed by atoms with E-state index in [1.807, 2.05) is 0 Å². The number of halogens is 3. The van der Waals surface area contributed by atoms with Gasteiger partial charge in [0.1, 0.15) is 0 Å². The van der Waals surface area contributed by atoms with E-state index in [0.29, 0.717) is 13.0 Å². The van der Waals surface area contributed by atoms with Crippen LogP contribution in [0.25, 0.3) is 0 Å². The minimum absolute atomic E-state index is 0.0464. The number of nitrogens with one attached hydrogen (secondary N) is 1. The van der Waals surface area contributed by atoms with Crippen molar-refractivity contribution in [3.05, 3.63) is 35.4 Å². The van der Waals surface area contributed by atoms with Crippen molar-refractivity contribution in [2.75, 3.05) is 6.54 Å². The van der Waals surface area contributed by atoms with Crippen LogP contribution in [0.15, 0.2) is 24.3 Å². The van der Waals surface area contributed by atoms with Crippen LogP contribution in [-0.2, 0) is 11.0 Å². The van der Waals surface area contributed by atoms with Crippen LogP contribution in [0.5, 0.6) is 0 Å². The van der Waals surface area contributed by atoms with Crippen molar-refractivity contribution in [1.29, 1.82) is 0 Å². The molecule has 1 aromatic carbocycles. The molecule has 0 heterocycles. The normalized spacial score (nSPS) is 30.3. The second kappa shape index (κ2) is 6.15. The van der Waals surface area contributed by atoms with Crippen molar-refractivity contribution < 1.29 is 18.0 Å². The van der Waals surface area contributed by atoms with Gasteiger partial charge in [-0.1, -0.05) is 24.6 Å². The molecule has 2 saturated carbocycles. The number of carbonyl (C=O) groups is 1. The Morgan fingerprint density at radius 2 is 2.00 bits per heavy atom. The van der Waals surface area contributed by atoms with Gasteiger partial charge in [0.25, 0.3) is 0 Å². The highest BCUT2D eigenvalue weighted by molar-refractivity contribution is 5.80. The molecule has 0 radical (unpaired) electrons. The lowest BCUT2D eigenvalue weighted by Crippen LogP contribution is -2.36. The number of carbonyl (C=O) groups excluding carboxylic acids is 1. The molecule has 3 nitrogen and oxygen atoms in total. The number of benzene rings is 1. The summed E-state index contributed by atoms with van der Waals surface area (Å²) in [5.41, 5.74) is 5.38. The predicted octanol–water partition coefficient (Wildman–Crippen LogP) is 3.05. The van der Waals surface area contributed by atoms with E-state index in [2.05, 4.69) is 5.32 Å². The zero-order valence-corrected chi connectivity index (χ0v) is 12.8. The molecule has 3 N–H and O–H groups in total. The molecule has 4 atom stereocenters. The molecule has 2 fully saturated rings. The molecule has 0 saturated heterocycles. The first kappa shape index (κ1) is 16.3. The summed E-state index contributed by atoms with van der Waals surface area (Å²) in [4.78, 5) is 12.3. The maximum Gasteiger partial charge on any atom is 0.416 e. The third kappa shape index (κ3) is 3.37. The average Bonchev–Trinajstić information content (AvgIpc) is 3.10. The highest BCUT2D eigenvalue weighted by Crippen LogP contribution is 2.46. The molecular formula is C17H21F3N2O. The summed E-state index contributed by atoms with van der Waals surface area (Å²) in [5, 5.41) is 2.93. The van der Waals surface area contributed by atoms with Crippen molar-refractivity contribution in [3.8, 4) is 0 Å². The van der Waals surface area contributed by atoms with Gasteiger partial charge in [0.2, 0.25) is 5.91 Å². The Labute approximate surface area is 133 Å². The van der Waals surface area contributed by atoms with Crippen LogP contribution in [0, 0.1) is 11.8 Å². The summed E-state index contributed by atoms with van der Waals surface area (Å²) in [5.74, 6) is -0.168. The van der Waals surface area contributed by atoms with E-state index in [-0.39, 0.29) is 35.3 Å². The Hall–Kier alpha value is -1.56. The average molecular weight is 326 g/mol. The van der Waals surface area contributed by atoms with Gasteiger partial charge < -0.3 is 11.1 Å². The highest BCUT2D eigenvalue weighted by atomic mass is 19.4. The van der Waals surface area contributed by atoms with E-state index < -0.39 is 11.7 Å². The Morgan fingerprint density at radius 1 is 1.26 bits per heavy atom. The molecule has 2 unspecified atom stereocenters. The predicted molar refractivity (Wildman–Crippen MR) is 80.6 cm³/mol. The van der Waals surface area contributed by atoms with Crippen LogP contribution < -0.4 is 11.1 Å². The van der Waals surface area contributed by atoms with E-state index in [1.165, 1.54) is 12.1 Å². The van der Waals surface area contributed by atoms with Gasteiger partial charge in [-0.25, -0.2) is 0 Å². The van der Waals surface area contributed by atoms with Gasteiger partial charge in [0.15, 0.2) is 0 Å². The maximum atomic E-state index is 13.1. The highest BCUT2D eigenvalue weighted by Gasteiger charge is 2.46. The van der Waals surface area contributed by atoms with Crippen molar-refractivity contribution in [2.45, 2.75) is 43.8 Å². The zero-order chi connectivity index (χ0) is 16.6. The summed E-state index contributed by atoms with van der Waals surface area (Å²) in [6.45, 7) is 0.489.